The van der Waals surface area contributed by atoms with Gasteiger partial charge in [0.05, 0.1) is 0 Å². The van der Waals surface area contributed by atoms with Crippen LogP contribution in [0.5, 0.6) is 0 Å². The standard InChI is InChI=1S/C7H15NO4S/c1-7(11,6(9)10)5-8-3-4-13(2)12/h8,11H,3-5H2,1-2H3,(H,9,10). The number of carboxylic acids is 1. The average Bonchev–Trinajstić information content (AvgIpc) is 1.97. The van der Waals surface area contributed by atoms with Crippen molar-refractivity contribution in [1.29, 1.82) is 0 Å². The molecule has 0 heterocycles. The third-order valence-corrected chi connectivity index (χ3v) is 2.28. The first-order valence-corrected chi connectivity index (χ1v) is 5.55. The lowest BCUT2D eigenvalue weighted by Gasteiger charge is -2.17. The van der Waals surface area contributed by atoms with Gasteiger partial charge in [-0.15, -0.1) is 0 Å². The summed E-state index contributed by atoms with van der Waals surface area (Å²) in [5.74, 6) is -0.812. The van der Waals surface area contributed by atoms with Crippen molar-refractivity contribution in [3.05, 3.63) is 0 Å². The number of aliphatic hydroxyl groups is 1. The fourth-order valence-electron chi connectivity index (χ4n) is 0.623. The Bertz CT molecular complexity index is 205. The minimum Gasteiger partial charge on any atom is -0.479 e. The molecule has 0 aliphatic heterocycles. The van der Waals surface area contributed by atoms with Crippen LogP contribution < -0.4 is 5.32 Å². The van der Waals surface area contributed by atoms with Crippen molar-refractivity contribution in [1.82, 2.24) is 5.32 Å². The third-order valence-electron chi connectivity index (χ3n) is 1.50. The van der Waals surface area contributed by atoms with Gasteiger partial charge in [0.1, 0.15) is 0 Å². The summed E-state index contributed by atoms with van der Waals surface area (Å²) in [5.41, 5.74) is -1.75. The van der Waals surface area contributed by atoms with E-state index in [1.165, 1.54) is 6.92 Å². The van der Waals surface area contributed by atoms with Crippen molar-refractivity contribution in [3.63, 3.8) is 0 Å². The van der Waals surface area contributed by atoms with E-state index in [0.29, 0.717) is 12.3 Å². The second kappa shape index (κ2) is 5.31. The van der Waals surface area contributed by atoms with E-state index in [9.17, 15) is 14.1 Å². The van der Waals surface area contributed by atoms with Crippen molar-refractivity contribution in [2.75, 3.05) is 25.1 Å². The number of carbonyl (C=O) groups is 1. The Morgan fingerprint density at radius 1 is 1.62 bits per heavy atom. The molecule has 2 unspecified atom stereocenters. The van der Waals surface area contributed by atoms with Gasteiger partial charge in [0.15, 0.2) is 5.60 Å². The fourth-order valence-corrected chi connectivity index (χ4v) is 1.06. The number of nitrogens with one attached hydrogen (secondary N) is 1. The Morgan fingerprint density at radius 3 is 2.54 bits per heavy atom. The second-order valence-electron chi connectivity index (χ2n) is 3.03. The zero-order valence-electron chi connectivity index (χ0n) is 7.74. The third kappa shape index (κ3) is 5.73. The highest BCUT2D eigenvalue weighted by atomic mass is 32.2. The molecule has 0 fully saturated rings. The maximum Gasteiger partial charge on any atom is 0.336 e. The fraction of sp³-hybridized carbons (Fsp3) is 0.857. The van der Waals surface area contributed by atoms with Gasteiger partial charge in [0.2, 0.25) is 0 Å². The largest absolute Gasteiger partial charge is 0.479 e. The van der Waals surface area contributed by atoms with E-state index in [2.05, 4.69) is 5.32 Å². The highest BCUT2D eigenvalue weighted by Gasteiger charge is 2.28. The van der Waals surface area contributed by atoms with Gasteiger partial charge in [-0.05, 0) is 6.92 Å². The Morgan fingerprint density at radius 2 is 2.15 bits per heavy atom. The van der Waals surface area contributed by atoms with E-state index in [1.807, 2.05) is 0 Å². The van der Waals surface area contributed by atoms with Crippen LogP contribution in [0.1, 0.15) is 6.92 Å². The number of hydrogen-bond donors (Lipinski definition) is 3. The first kappa shape index (κ1) is 12.5. The number of carboxylic acid groups (broad SMARTS) is 1. The molecule has 2 atom stereocenters. The Hall–Kier alpha value is -0.460. The first-order valence-electron chi connectivity index (χ1n) is 3.83. The lowest BCUT2D eigenvalue weighted by atomic mass is 10.1. The molecule has 0 saturated carbocycles. The van der Waals surface area contributed by atoms with Crippen LogP contribution >= 0.6 is 0 Å². The van der Waals surface area contributed by atoms with Crippen LogP contribution in [0.2, 0.25) is 0 Å². The van der Waals surface area contributed by atoms with Crippen molar-refractivity contribution in [2.45, 2.75) is 12.5 Å². The minimum atomic E-state index is -1.75. The van der Waals surface area contributed by atoms with E-state index in [-0.39, 0.29) is 6.54 Å². The van der Waals surface area contributed by atoms with Crippen LogP contribution in [-0.4, -0.2) is 51.1 Å². The summed E-state index contributed by atoms with van der Waals surface area (Å²) in [4.78, 5) is 10.4. The Kier molecular flexibility index (Phi) is 5.12. The van der Waals surface area contributed by atoms with E-state index in [4.69, 9.17) is 5.11 Å². The maximum atomic E-state index is 10.6. The highest BCUT2D eigenvalue weighted by molar-refractivity contribution is 7.84. The monoisotopic (exact) mass is 209 g/mol. The van der Waals surface area contributed by atoms with Gasteiger partial charge in [-0.1, -0.05) is 0 Å². The van der Waals surface area contributed by atoms with Crippen molar-refractivity contribution < 1.29 is 19.2 Å². The van der Waals surface area contributed by atoms with Crippen molar-refractivity contribution in [3.8, 4) is 0 Å². The van der Waals surface area contributed by atoms with Crippen LogP contribution in [-0.2, 0) is 15.6 Å². The lowest BCUT2D eigenvalue weighted by Crippen LogP contribution is -2.45. The summed E-state index contributed by atoms with van der Waals surface area (Å²) in [5, 5.41) is 20.4. The summed E-state index contributed by atoms with van der Waals surface area (Å²) in [7, 11) is -0.896. The van der Waals surface area contributed by atoms with Crippen LogP contribution in [0.4, 0.5) is 0 Å². The molecule has 78 valence electrons. The molecule has 0 aromatic rings. The first-order chi connectivity index (χ1) is 5.86. The predicted molar refractivity (Wildman–Crippen MR) is 50.1 cm³/mol. The summed E-state index contributed by atoms with van der Waals surface area (Å²) in [6, 6.07) is 0. The molecule has 0 aromatic carbocycles. The molecule has 0 saturated heterocycles. The van der Waals surface area contributed by atoms with Crippen LogP contribution in [0.25, 0.3) is 0 Å². The van der Waals surface area contributed by atoms with Crippen LogP contribution in [0, 0.1) is 0 Å². The molecule has 13 heavy (non-hydrogen) atoms. The van der Waals surface area contributed by atoms with Gasteiger partial charge in [-0.3, -0.25) is 4.21 Å². The zero-order chi connectivity index (χ0) is 10.5. The Balaban J connectivity index is 3.64. The maximum absolute atomic E-state index is 10.6. The van der Waals surface area contributed by atoms with Gasteiger partial charge >= 0.3 is 5.97 Å². The van der Waals surface area contributed by atoms with E-state index in [1.54, 1.807) is 6.26 Å². The predicted octanol–water partition coefficient (Wildman–Crippen LogP) is -1.21. The van der Waals surface area contributed by atoms with E-state index < -0.39 is 22.4 Å². The van der Waals surface area contributed by atoms with Gasteiger partial charge < -0.3 is 15.5 Å². The molecule has 0 amide bonds. The molecular formula is C7H15NO4S. The molecule has 0 aliphatic rings. The molecule has 0 rings (SSSR count). The second-order valence-corrected chi connectivity index (χ2v) is 4.59. The summed E-state index contributed by atoms with van der Waals surface area (Å²) < 4.78 is 10.6. The average molecular weight is 209 g/mol. The molecule has 0 spiro atoms. The summed E-state index contributed by atoms with van der Waals surface area (Å²) >= 11 is 0. The van der Waals surface area contributed by atoms with Crippen LogP contribution in [0.3, 0.4) is 0 Å². The van der Waals surface area contributed by atoms with Crippen molar-refractivity contribution in [2.24, 2.45) is 0 Å². The lowest BCUT2D eigenvalue weighted by molar-refractivity contribution is -0.156. The van der Waals surface area contributed by atoms with Gasteiger partial charge in [-0.25, -0.2) is 4.79 Å². The molecule has 0 aromatic heterocycles. The minimum absolute atomic E-state index is 0.0421. The molecule has 0 bridgehead atoms. The molecule has 0 radical (unpaired) electrons. The normalized spacial score (nSPS) is 17.8. The molecule has 3 N–H and O–H groups in total. The highest BCUT2D eigenvalue weighted by Crippen LogP contribution is 1.99. The molecule has 5 nitrogen and oxygen atoms in total. The topological polar surface area (TPSA) is 86.6 Å². The van der Waals surface area contributed by atoms with Gasteiger partial charge in [0, 0.05) is 35.9 Å². The summed E-state index contributed by atoms with van der Waals surface area (Å²) in [6.45, 7) is 1.61. The van der Waals surface area contributed by atoms with Crippen molar-refractivity contribution >= 4 is 16.8 Å². The Labute approximate surface area is 79.6 Å². The van der Waals surface area contributed by atoms with E-state index in [0.717, 1.165) is 0 Å². The zero-order valence-corrected chi connectivity index (χ0v) is 8.56. The SMILES string of the molecule is CS(=O)CCNCC(C)(O)C(=O)O. The molecule has 6 heteroatoms. The van der Waals surface area contributed by atoms with Gasteiger partial charge in [-0.2, -0.15) is 0 Å². The smallest absolute Gasteiger partial charge is 0.336 e. The number of rotatable bonds is 6. The molecule has 0 aliphatic carbocycles. The number of hydrogen-bond acceptors (Lipinski definition) is 4. The summed E-state index contributed by atoms with van der Waals surface area (Å²) in [6.07, 6.45) is 1.57. The molecular weight excluding hydrogens is 194 g/mol. The van der Waals surface area contributed by atoms with Crippen LogP contribution in [0.15, 0.2) is 0 Å². The number of aliphatic carboxylic acids is 1. The quantitative estimate of drug-likeness (QED) is 0.478. The van der Waals surface area contributed by atoms with E-state index >= 15 is 0 Å². The van der Waals surface area contributed by atoms with Gasteiger partial charge in [0.25, 0.3) is 0 Å².